The number of fused-ring (bicyclic) bond motifs is 3. The number of hydrogen-bond donors (Lipinski definition) is 1. The molecule has 0 spiro atoms. The molecule has 8 heteroatoms. The zero-order valence-corrected chi connectivity index (χ0v) is 20.8. The summed E-state index contributed by atoms with van der Waals surface area (Å²) in [5, 5.41) is 6.47. The molecule has 0 saturated carbocycles. The van der Waals surface area contributed by atoms with Crippen LogP contribution in [-0.4, -0.2) is 28.2 Å². The number of hydrogen-bond acceptors (Lipinski definition) is 5. The molecular formula is C23H25Cl2N3OS2. The van der Waals surface area contributed by atoms with E-state index in [1.165, 1.54) is 28.6 Å². The first-order valence-corrected chi connectivity index (χ1v) is 13.2. The van der Waals surface area contributed by atoms with E-state index in [-0.39, 0.29) is 11.8 Å². The molecule has 0 bridgehead atoms. The highest BCUT2D eigenvalue weighted by atomic mass is 35.5. The lowest BCUT2D eigenvalue weighted by Crippen LogP contribution is -2.30. The van der Waals surface area contributed by atoms with Crippen molar-refractivity contribution in [2.45, 2.75) is 56.9 Å². The number of amides is 1. The fraction of sp³-hybridized carbons (Fsp3) is 0.435. The third-order valence-corrected chi connectivity index (χ3v) is 8.29. The third-order valence-electron chi connectivity index (χ3n) is 5.57. The number of aryl methyl sites for hydroxylation is 3. The monoisotopic (exact) mass is 493 g/mol. The Morgan fingerprint density at radius 1 is 1.29 bits per heavy atom. The van der Waals surface area contributed by atoms with E-state index in [9.17, 15) is 4.79 Å². The maximum Gasteiger partial charge on any atom is 0.230 e. The topological polar surface area (TPSA) is 54.9 Å². The number of nitrogens with one attached hydrogen (secondary N) is 1. The number of halogens is 2. The quantitative estimate of drug-likeness (QED) is 0.284. The van der Waals surface area contributed by atoms with E-state index in [1.54, 1.807) is 17.4 Å². The van der Waals surface area contributed by atoms with Crippen LogP contribution in [0.4, 0.5) is 0 Å². The average Bonchev–Trinajstić information content (AvgIpc) is 3.30. The summed E-state index contributed by atoms with van der Waals surface area (Å²) in [6.45, 7) is 4.61. The van der Waals surface area contributed by atoms with Gasteiger partial charge in [-0.25, -0.2) is 9.97 Å². The molecule has 0 aliphatic heterocycles. The third kappa shape index (κ3) is 5.19. The van der Waals surface area contributed by atoms with Gasteiger partial charge in [0.05, 0.1) is 5.75 Å². The lowest BCUT2D eigenvalue weighted by Gasteiger charge is -2.19. The van der Waals surface area contributed by atoms with E-state index < -0.39 is 0 Å². The number of carbonyl (C=O) groups is 1. The molecule has 3 aromatic rings. The number of aromatic nitrogens is 2. The molecular weight excluding hydrogens is 469 g/mol. The van der Waals surface area contributed by atoms with Crippen molar-refractivity contribution >= 4 is 62.4 Å². The van der Waals surface area contributed by atoms with E-state index in [0.29, 0.717) is 22.3 Å². The standard InChI is InChI=1S/C23H25Cl2N3OS2/c1-3-5-14(16-9-8-15(24)10-18(16)25)11-26-20(29)12-30-22-21-17-6-4-7-19(17)31-23(21)28-13(2)27-22/h8-10,14H,3-7,11-12H2,1-2H3,(H,26,29). The van der Waals surface area contributed by atoms with Crippen molar-refractivity contribution in [3.8, 4) is 0 Å². The smallest absolute Gasteiger partial charge is 0.230 e. The molecule has 1 aliphatic carbocycles. The molecule has 2 aromatic heterocycles. The van der Waals surface area contributed by atoms with Gasteiger partial charge in [0.25, 0.3) is 0 Å². The molecule has 1 aromatic carbocycles. The highest BCUT2D eigenvalue weighted by Gasteiger charge is 2.22. The minimum atomic E-state index is 0.00693. The maximum atomic E-state index is 12.7. The van der Waals surface area contributed by atoms with Crippen molar-refractivity contribution in [3.05, 3.63) is 50.1 Å². The second-order valence-corrected chi connectivity index (χ2v) is 10.7. The van der Waals surface area contributed by atoms with Crippen LogP contribution < -0.4 is 5.32 Å². The fourth-order valence-corrected chi connectivity index (χ4v) is 7.00. The number of carbonyl (C=O) groups excluding carboxylic acids is 1. The average molecular weight is 495 g/mol. The van der Waals surface area contributed by atoms with E-state index in [1.807, 2.05) is 19.1 Å². The molecule has 2 heterocycles. The van der Waals surface area contributed by atoms with Crippen LogP contribution >= 0.6 is 46.3 Å². The molecule has 1 N–H and O–H groups in total. The molecule has 4 rings (SSSR count). The molecule has 0 radical (unpaired) electrons. The first-order chi connectivity index (χ1) is 15.0. The van der Waals surface area contributed by atoms with Gasteiger partial charge in [-0.1, -0.05) is 54.4 Å². The largest absolute Gasteiger partial charge is 0.355 e. The Morgan fingerprint density at radius 2 is 2.13 bits per heavy atom. The highest BCUT2D eigenvalue weighted by Crippen LogP contribution is 2.40. The summed E-state index contributed by atoms with van der Waals surface area (Å²) in [6.07, 6.45) is 5.37. The van der Waals surface area contributed by atoms with Gasteiger partial charge in [-0.05, 0) is 55.9 Å². The van der Waals surface area contributed by atoms with Crippen molar-refractivity contribution in [2.75, 3.05) is 12.3 Å². The van der Waals surface area contributed by atoms with E-state index in [2.05, 4.69) is 22.2 Å². The Balaban J connectivity index is 1.42. The van der Waals surface area contributed by atoms with Crippen LogP contribution in [0.3, 0.4) is 0 Å². The molecule has 0 saturated heterocycles. The molecule has 1 unspecified atom stereocenters. The van der Waals surface area contributed by atoms with E-state index >= 15 is 0 Å². The van der Waals surface area contributed by atoms with Crippen molar-refractivity contribution in [1.29, 1.82) is 0 Å². The second kappa shape index (κ2) is 10.1. The normalized spacial score (nSPS) is 14.1. The highest BCUT2D eigenvalue weighted by molar-refractivity contribution is 8.00. The maximum absolute atomic E-state index is 12.7. The zero-order chi connectivity index (χ0) is 22.0. The van der Waals surface area contributed by atoms with Gasteiger partial charge >= 0.3 is 0 Å². The van der Waals surface area contributed by atoms with E-state index in [0.717, 1.165) is 52.3 Å². The van der Waals surface area contributed by atoms with Crippen molar-refractivity contribution in [1.82, 2.24) is 15.3 Å². The number of rotatable bonds is 8. The molecule has 164 valence electrons. The number of benzene rings is 1. The summed E-state index contributed by atoms with van der Waals surface area (Å²) < 4.78 is 0. The number of thioether (sulfide) groups is 1. The van der Waals surface area contributed by atoms with Crippen LogP contribution in [0.15, 0.2) is 23.2 Å². The summed E-state index contributed by atoms with van der Waals surface area (Å²) in [6, 6.07) is 5.58. The van der Waals surface area contributed by atoms with Gasteiger partial charge in [-0.3, -0.25) is 4.79 Å². The Kier molecular flexibility index (Phi) is 7.42. The lowest BCUT2D eigenvalue weighted by molar-refractivity contribution is -0.118. The minimum Gasteiger partial charge on any atom is -0.355 e. The second-order valence-electron chi connectivity index (χ2n) is 7.86. The van der Waals surface area contributed by atoms with Crippen LogP contribution in [0.2, 0.25) is 10.0 Å². The summed E-state index contributed by atoms with van der Waals surface area (Å²) in [5.41, 5.74) is 2.42. The molecule has 1 amide bonds. The Bertz CT molecular complexity index is 1120. The Morgan fingerprint density at radius 3 is 2.90 bits per heavy atom. The van der Waals surface area contributed by atoms with Crippen LogP contribution in [0.1, 0.15) is 53.9 Å². The molecule has 0 fully saturated rings. The predicted octanol–water partition coefficient (Wildman–Crippen LogP) is 6.59. The fourth-order valence-electron chi connectivity index (χ4n) is 4.14. The molecule has 4 nitrogen and oxygen atoms in total. The zero-order valence-electron chi connectivity index (χ0n) is 17.6. The van der Waals surface area contributed by atoms with Crippen molar-refractivity contribution in [3.63, 3.8) is 0 Å². The number of thiophene rings is 1. The van der Waals surface area contributed by atoms with Gasteiger partial charge in [-0.2, -0.15) is 0 Å². The first kappa shape index (κ1) is 22.8. The first-order valence-electron chi connectivity index (χ1n) is 10.6. The summed E-state index contributed by atoms with van der Waals surface area (Å²) in [5.74, 6) is 1.27. The van der Waals surface area contributed by atoms with Crippen LogP contribution in [0.25, 0.3) is 10.2 Å². The Hall–Kier alpha value is -1.34. The van der Waals surface area contributed by atoms with E-state index in [4.69, 9.17) is 23.2 Å². The minimum absolute atomic E-state index is 0.00693. The van der Waals surface area contributed by atoms with Gasteiger partial charge in [0, 0.05) is 32.8 Å². The lowest BCUT2D eigenvalue weighted by atomic mass is 9.94. The van der Waals surface area contributed by atoms with Crippen LogP contribution in [0, 0.1) is 6.92 Å². The van der Waals surface area contributed by atoms with Gasteiger partial charge in [0.1, 0.15) is 15.7 Å². The predicted molar refractivity (Wildman–Crippen MR) is 132 cm³/mol. The summed E-state index contributed by atoms with van der Waals surface area (Å²) >= 11 is 15.7. The molecule has 1 atom stereocenters. The molecule has 1 aliphatic rings. The summed E-state index contributed by atoms with van der Waals surface area (Å²) in [4.78, 5) is 24.4. The van der Waals surface area contributed by atoms with Crippen LogP contribution in [-0.2, 0) is 17.6 Å². The summed E-state index contributed by atoms with van der Waals surface area (Å²) in [7, 11) is 0. The van der Waals surface area contributed by atoms with Gasteiger partial charge in [-0.15, -0.1) is 11.3 Å². The SMILES string of the molecule is CCCC(CNC(=O)CSc1nc(C)nc2sc3c(c12)CCC3)c1ccc(Cl)cc1Cl. The number of nitrogens with zero attached hydrogens (tertiary/aromatic N) is 2. The van der Waals surface area contributed by atoms with Crippen molar-refractivity contribution in [2.24, 2.45) is 0 Å². The molecule has 31 heavy (non-hydrogen) atoms. The van der Waals surface area contributed by atoms with Gasteiger partial charge < -0.3 is 5.32 Å². The van der Waals surface area contributed by atoms with Gasteiger partial charge in [0.2, 0.25) is 5.91 Å². The van der Waals surface area contributed by atoms with Crippen molar-refractivity contribution < 1.29 is 4.79 Å². The van der Waals surface area contributed by atoms with Crippen LogP contribution in [0.5, 0.6) is 0 Å². The Labute approximate surface area is 201 Å². The van der Waals surface area contributed by atoms with Gasteiger partial charge in [0.15, 0.2) is 0 Å².